The highest BCUT2D eigenvalue weighted by atomic mass is 16.5. The second kappa shape index (κ2) is 56.4. The second-order valence-corrected chi connectivity index (χ2v) is 20.0. The number of aliphatic hydroxyl groups is 2. The van der Waals surface area contributed by atoms with E-state index in [1.54, 1.807) is 6.08 Å². The lowest BCUT2D eigenvalue weighted by atomic mass is 10.0. The fraction of sp³-hybridized carbons (Fsp3) is 0.836. The van der Waals surface area contributed by atoms with Crippen LogP contribution in [0.3, 0.4) is 0 Å². The number of hydrogen-bond acceptors (Lipinski definition) is 5. The number of carbonyl (C=O) groups is 2. The van der Waals surface area contributed by atoms with Gasteiger partial charge in [0.1, 0.15) is 0 Å². The number of ether oxygens (including phenoxy) is 1. The normalized spacial score (nSPS) is 13.0. The molecule has 0 aromatic heterocycles. The van der Waals surface area contributed by atoms with E-state index in [2.05, 4.69) is 55.6 Å². The van der Waals surface area contributed by atoms with E-state index in [-0.39, 0.29) is 18.5 Å². The lowest BCUT2D eigenvalue weighted by molar-refractivity contribution is -0.143. The average molecular weight is 941 g/mol. The Bertz CT molecular complexity index is 1130. The van der Waals surface area contributed by atoms with Crippen LogP contribution in [0.5, 0.6) is 0 Å². The van der Waals surface area contributed by atoms with E-state index in [4.69, 9.17) is 4.74 Å². The minimum Gasteiger partial charge on any atom is -0.466 e. The molecule has 0 aliphatic heterocycles. The van der Waals surface area contributed by atoms with Gasteiger partial charge in [-0.05, 0) is 83.5 Å². The first-order valence-electron chi connectivity index (χ1n) is 29.4. The zero-order chi connectivity index (χ0) is 48.6. The average Bonchev–Trinajstić information content (AvgIpc) is 3.33. The third-order valence-electron chi connectivity index (χ3n) is 13.3. The molecular weight excluding hydrogens is 827 g/mol. The molecule has 6 nitrogen and oxygen atoms in total. The first-order valence-corrected chi connectivity index (χ1v) is 29.4. The van der Waals surface area contributed by atoms with Crippen molar-refractivity contribution in [3.63, 3.8) is 0 Å². The Morgan fingerprint density at radius 2 is 0.761 bits per heavy atom. The zero-order valence-electron chi connectivity index (χ0n) is 44.6. The van der Waals surface area contributed by atoms with Crippen molar-refractivity contribution >= 4 is 11.9 Å². The van der Waals surface area contributed by atoms with E-state index in [1.165, 1.54) is 218 Å². The number of hydrogen-bond donors (Lipinski definition) is 3. The second-order valence-electron chi connectivity index (χ2n) is 20.0. The number of rotatable bonds is 54. The van der Waals surface area contributed by atoms with Crippen LogP contribution in [0.1, 0.15) is 303 Å². The minimum absolute atomic E-state index is 0.00757. The third-order valence-corrected chi connectivity index (χ3v) is 13.3. The molecule has 0 spiro atoms. The molecule has 0 bridgehead atoms. The van der Waals surface area contributed by atoms with Crippen molar-refractivity contribution in [1.29, 1.82) is 0 Å². The van der Waals surface area contributed by atoms with E-state index in [1.807, 2.05) is 6.08 Å². The molecule has 3 N–H and O–H groups in total. The van der Waals surface area contributed by atoms with Crippen LogP contribution in [0.25, 0.3) is 0 Å². The van der Waals surface area contributed by atoms with Gasteiger partial charge < -0.3 is 20.3 Å². The Kier molecular flexibility index (Phi) is 54.6. The highest BCUT2D eigenvalue weighted by molar-refractivity contribution is 5.76. The summed E-state index contributed by atoms with van der Waals surface area (Å²) < 4.78 is 5.46. The van der Waals surface area contributed by atoms with Crippen LogP contribution in [0.2, 0.25) is 0 Å². The SMILES string of the molecule is CCCC/C=C\C/C=C\CCCCCCCC(=O)OCCCCCCCCCCCC/C=C\CCCCCCCCCC(=O)NC(CO)C(O)/C=C/CCCCCCCCCCCCCCC. The molecule has 1 amide bonds. The lowest BCUT2D eigenvalue weighted by Crippen LogP contribution is -2.45. The summed E-state index contributed by atoms with van der Waals surface area (Å²) in [6, 6.07) is -0.634. The summed E-state index contributed by atoms with van der Waals surface area (Å²) in [5, 5.41) is 23.1. The van der Waals surface area contributed by atoms with Crippen molar-refractivity contribution in [3.05, 3.63) is 48.6 Å². The van der Waals surface area contributed by atoms with Crippen LogP contribution in [-0.2, 0) is 14.3 Å². The number of unbranched alkanes of at least 4 members (excludes halogenated alkanes) is 37. The van der Waals surface area contributed by atoms with Crippen molar-refractivity contribution in [3.8, 4) is 0 Å². The van der Waals surface area contributed by atoms with Crippen LogP contribution >= 0.6 is 0 Å². The summed E-state index contributed by atoms with van der Waals surface area (Å²) in [6.07, 6.45) is 71.3. The van der Waals surface area contributed by atoms with E-state index in [9.17, 15) is 19.8 Å². The molecular formula is C61H113NO5. The molecule has 2 unspecified atom stereocenters. The third kappa shape index (κ3) is 53.0. The molecule has 392 valence electrons. The van der Waals surface area contributed by atoms with Gasteiger partial charge in [-0.1, -0.05) is 255 Å². The number of allylic oxidation sites excluding steroid dienone is 7. The number of carbonyl (C=O) groups excluding carboxylic acids is 2. The predicted molar refractivity (Wildman–Crippen MR) is 292 cm³/mol. The molecule has 67 heavy (non-hydrogen) atoms. The smallest absolute Gasteiger partial charge is 0.305 e. The standard InChI is InChI=1S/C61H113NO5/c1-3-5-7-9-11-13-15-17-26-29-33-37-41-45-49-53-59(64)58(57-63)62-60(65)54-50-46-42-38-34-30-27-24-22-20-19-21-23-25-28-32-36-40-44-48-52-56-67-61(66)55-51-47-43-39-35-31-18-16-14-12-10-8-6-4-2/h10,12,16,18,20,22,49,53,58-59,63-64H,3-9,11,13-15,17,19,21,23-48,50-52,54-57H2,1-2H3,(H,62,65)/b12-10-,18-16-,22-20-,53-49+. The van der Waals surface area contributed by atoms with Crippen LogP contribution in [0, 0.1) is 0 Å². The Labute approximate surface area is 416 Å². The molecule has 0 aromatic rings. The predicted octanol–water partition coefficient (Wildman–Crippen LogP) is 18.2. The van der Waals surface area contributed by atoms with Gasteiger partial charge in [0.15, 0.2) is 0 Å². The van der Waals surface area contributed by atoms with Gasteiger partial charge >= 0.3 is 5.97 Å². The molecule has 0 saturated heterocycles. The zero-order valence-corrected chi connectivity index (χ0v) is 44.6. The minimum atomic E-state index is -0.850. The van der Waals surface area contributed by atoms with Crippen molar-refractivity contribution in [2.75, 3.05) is 13.2 Å². The number of amides is 1. The number of aliphatic hydroxyl groups excluding tert-OH is 2. The lowest BCUT2D eigenvalue weighted by Gasteiger charge is -2.20. The Morgan fingerprint density at radius 1 is 0.418 bits per heavy atom. The van der Waals surface area contributed by atoms with Gasteiger partial charge in [-0.15, -0.1) is 0 Å². The first kappa shape index (κ1) is 64.8. The van der Waals surface area contributed by atoms with Crippen molar-refractivity contribution < 1.29 is 24.5 Å². The maximum atomic E-state index is 12.5. The van der Waals surface area contributed by atoms with Gasteiger partial charge in [0, 0.05) is 12.8 Å². The van der Waals surface area contributed by atoms with Crippen molar-refractivity contribution in [1.82, 2.24) is 5.32 Å². The van der Waals surface area contributed by atoms with Gasteiger partial charge in [0.05, 0.1) is 25.4 Å². The van der Waals surface area contributed by atoms with E-state index in [0.29, 0.717) is 19.4 Å². The van der Waals surface area contributed by atoms with Crippen LogP contribution < -0.4 is 5.32 Å². The summed E-state index contributed by atoms with van der Waals surface area (Å²) in [5.74, 6) is -0.0835. The van der Waals surface area contributed by atoms with Crippen LogP contribution in [0.4, 0.5) is 0 Å². The van der Waals surface area contributed by atoms with Gasteiger partial charge in [0.25, 0.3) is 0 Å². The van der Waals surface area contributed by atoms with E-state index < -0.39 is 12.1 Å². The molecule has 6 heteroatoms. The van der Waals surface area contributed by atoms with Gasteiger partial charge in [0.2, 0.25) is 5.91 Å². The summed E-state index contributed by atoms with van der Waals surface area (Å²) in [6.45, 7) is 4.85. The topological polar surface area (TPSA) is 95.9 Å². The van der Waals surface area contributed by atoms with Crippen LogP contribution in [0.15, 0.2) is 48.6 Å². The molecule has 0 saturated carbocycles. The van der Waals surface area contributed by atoms with E-state index in [0.717, 1.165) is 57.8 Å². The number of nitrogens with one attached hydrogen (secondary N) is 1. The monoisotopic (exact) mass is 940 g/mol. The summed E-state index contributed by atoms with van der Waals surface area (Å²) in [5.41, 5.74) is 0. The first-order chi connectivity index (χ1) is 33.0. The highest BCUT2D eigenvalue weighted by Gasteiger charge is 2.18. The summed E-state index contributed by atoms with van der Waals surface area (Å²) in [4.78, 5) is 24.5. The van der Waals surface area contributed by atoms with Gasteiger partial charge in [-0.2, -0.15) is 0 Å². The van der Waals surface area contributed by atoms with Crippen LogP contribution in [-0.4, -0.2) is 47.4 Å². The summed E-state index contributed by atoms with van der Waals surface area (Å²) in [7, 11) is 0. The molecule has 0 aliphatic carbocycles. The maximum absolute atomic E-state index is 12.5. The fourth-order valence-electron chi connectivity index (χ4n) is 8.76. The van der Waals surface area contributed by atoms with E-state index >= 15 is 0 Å². The van der Waals surface area contributed by atoms with Gasteiger partial charge in [-0.3, -0.25) is 9.59 Å². The molecule has 0 aromatic carbocycles. The Balaban J connectivity index is 3.46. The molecule has 0 fully saturated rings. The van der Waals surface area contributed by atoms with Crippen molar-refractivity contribution in [2.45, 2.75) is 315 Å². The largest absolute Gasteiger partial charge is 0.466 e. The Hall–Kier alpha value is -2.18. The number of esters is 1. The molecule has 0 heterocycles. The quantitative estimate of drug-likeness (QED) is 0.0321. The van der Waals surface area contributed by atoms with Crippen molar-refractivity contribution in [2.24, 2.45) is 0 Å². The maximum Gasteiger partial charge on any atom is 0.305 e. The molecule has 2 atom stereocenters. The van der Waals surface area contributed by atoms with Gasteiger partial charge in [-0.25, -0.2) is 0 Å². The molecule has 0 radical (unpaired) electrons. The highest BCUT2D eigenvalue weighted by Crippen LogP contribution is 2.16. The Morgan fingerprint density at radius 3 is 1.19 bits per heavy atom. The summed E-state index contributed by atoms with van der Waals surface area (Å²) >= 11 is 0. The fourth-order valence-corrected chi connectivity index (χ4v) is 8.76. The molecule has 0 rings (SSSR count). The molecule has 0 aliphatic rings.